The summed E-state index contributed by atoms with van der Waals surface area (Å²) in [4.78, 5) is 12.0. The number of benzene rings is 1. The van der Waals surface area contributed by atoms with E-state index in [-0.39, 0.29) is 24.3 Å². The van der Waals surface area contributed by atoms with Gasteiger partial charge in [-0.25, -0.2) is 4.39 Å². The quantitative estimate of drug-likeness (QED) is 0.876. The second-order valence-corrected chi connectivity index (χ2v) is 6.14. The van der Waals surface area contributed by atoms with Crippen LogP contribution in [0.25, 0.3) is 0 Å². The monoisotopic (exact) mass is 292 g/mol. The van der Waals surface area contributed by atoms with Crippen molar-refractivity contribution in [1.82, 2.24) is 10.6 Å². The van der Waals surface area contributed by atoms with Crippen LogP contribution >= 0.6 is 0 Å². The highest BCUT2D eigenvalue weighted by molar-refractivity contribution is 5.78. The largest absolute Gasteiger partial charge is 0.352 e. The number of rotatable bonds is 5. The van der Waals surface area contributed by atoms with Gasteiger partial charge in [0.2, 0.25) is 5.91 Å². The number of hydrogen-bond donors (Lipinski definition) is 2. The second kappa shape index (κ2) is 7.55. The van der Waals surface area contributed by atoms with Crippen molar-refractivity contribution in [3.8, 4) is 0 Å². The Bertz CT molecular complexity index is 478. The van der Waals surface area contributed by atoms with Crippen molar-refractivity contribution in [1.29, 1.82) is 0 Å². The molecule has 1 aliphatic carbocycles. The Morgan fingerprint density at radius 3 is 2.81 bits per heavy atom. The van der Waals surface area contributed by atoms with Gasteiger partial charge < -0.3 is 10.6 Å². The molecule has 1 aromatic rings. The summed E-state index contributed by atoms with van der Waals surface area (Å²) in [5.41, 5.74) is 0.588. The van der Waals surface area contributed by atoms with E-state index in [0.29, 0.717) is 23.9 Å². The highest BCUT2D eigenvalue weighted by Gasteiger charge is 2.27. The molecule has 0 unspecified atom stereocenters. The van der Waals surface area contributed by atoms with Crippen LogP contribution in [0.3, 0.4) is 0 Å². The number of halogens is 1. The van der Waals surface area contributed by atoms with Gasteiger partial charge in [-0.2, -0.15) is 0 Å². The first-order valence-corrected chi connectivity index (χ1v) is 7.81. The SMILES string of the molecule is C[C@H]1[C@H](C)CCC[C@H]1NC(=O)CNCc1ccccc1F. The number of carbonyl (C=O) groups is 1. The van der Waals surface area contributed by atoms with Gasteiger partial charge >= 0.3 is 0 Å². The maximum Gasteiger partial charge on any atom is 0.234 e. The summed E-state index contributed by atoms with van der Waals surface area (Å²) in [6, 6.07) is 6.90. The van der Waals surface area contributed by atoms with Crippen molar-refractivity contribution < 1.29 is 9.18 Å². The fourth-order valence-corrected chi connectivity index (χ4v) is 3.00. The molecule has 2 rings (SSSR count). The summed E-state index contributed by atoms with van der Waals surface area (Å²) >= 11 is 0. The van der Waals surface area contributed by atoms with Crippen LogP contribution in [0.15, 0.2) is 24.3 Å². The zero-order valence-corrected chi connectivity index (χ0v) is 12.9. The van der Waals surface area contributed by atoms with E-state index in [1.807, 2.05) is 0 Å². The predicted octanol–water partition coefficient (Wildman–Crippen LogP) is 2.86. The van der Waals surface area contributed by atoms with Gasteiger partial charge in [0.15, 0.2) is 0 Å². The van der Waals surface area contributed by atoms with Gasteiger partial charge in [0.25, 0.3) is 0 Å². The fraction of sp³-hybridized carbons (Fsp3) is 0.588. The van der Waals surface area contributed by atoms with Crippen LogP contribution in [0, 0.1) is 17.7 Å². The van der Waals surface area contributed by atoms with E-state index in [1.54, 1.807) is 18.2 Å². The maximum atomic E-state index is 13.4. The van der Waals surface area contributed by atoms with Crippen molar-refractivity contribution in [3.63, 3.8) is 0 Å². The van der Waals surface area contributed by atoms with Crippen molar-refractivity contribution in [3.05, 3.63) is 35.6 Å². The van der Waals surface area contributed by atoms with Gasteiger partial charge in [0, 0.05) is 18.2 Å². The Labute approximate surface area is 126 Å². The van der Waals surface area contributed by atoms with Gasteiger partial charge in [-0.1, -0.05) is 44.9 Å². The second-order valence-electron chi connectivity index (χ2n) is 6.14. The molecule has 0 saturated heterocycles. The molecule has 21 heavy (non-hydrogen) atoms. The van der Waals surface area contributed by atoms with Gasteiger partial charge in [0.05, 0.1) is 6.54 Å². The van der Waals surface area contributed by atoms with Gasteiger partial charge in [-0.15, -0.1) is 0 Å². The molecule has 4 heteroatoms. The lowest BCUT2D eigenvalue weighted by molar-refractivity contribution is -0.121. The lowest BCUT2D eigenvalue weighted by Gasteiger charge is -2.34. The van der Waals surface area contributed by atoms with Gasteiger partial charge in [0.1, 0.15) is 5.82 Å². The molecule has 1 fully saturated rings. The molecule has 0 aliphatic heterocycles. The highest BCUT2D eigenvalue weighted by Crippen LogP contribution is 2.29. The van der Waals surface area contributed by atoms with E-state index in [4.69, 9.17) is 0 Å². The summed E-state index contributed by atoms with van der Waals surface area (Å²) in [6.07, 6.45) is 3.49. The molecule has 1 aromatic carbocycles. The molecule has 0 aromatic heterocycles. The minimum Gasteiger partial charge on any atom is -0.352 e. The average Bonchev–Trinajstić information content (AvgIpc) is 2.46. The normalized spacial score (nSPS) is 25.6. The number of amides is 1. The Balaban J connectivity index is 1.74. The van der Waals surface area contributed by atoms with E-state index in [2.05, 4.69) is 24.5 Å². The third-order valence-electron chi connectivity index (χ3n) is 4.61. The summed E-state index contributed by atoms with van der Waals surface area (Å²) < 4.78 is 13.4. The van der Waals surface area contributed by atoms with Crippen LogP contribution in [-0.4, -0.2) is 18.5 Å². The number of nitrogens with one attached hydrogen (secondary N) is 2. The fourth-order valence-electron chi connectivity index (χ4n) is 3.00. The van der Waals surface area contributed by atoms with Gasteiger partial charge in [-0.3, -0.25) is 4.79 Å². The summed E-state index contributed by atoms with van der Waals surface area (Å²) in [5.74, 6) is 0.946. The average molecular weight is 292 g/mol. The van der Waals surface area contributed by atoms with Crippen LogP contribution in [0.4, 0.5) is 4.39 Å². The molecule has 2 N–H and O–H groups in total. The molecule has 3 atom stereocenters. The topological polar surface area (TPSA) is 41.1 Å². The first-order valence-electron chi connectivity index (χ1n) is 7.81. The molecule has 0 spiro atoms. The molecule has 1 amide bonds. The zero-order chi connectivity index (χ0) is 15.2. The van der Waals surface area contributed by atoms with Crippen molar-refractivity contribution in [2.75, 3.05) is 6.54 Å². The van der Waals surface area contributed by atoms with Crippen molar-refractivity contribution >= 4 is 5.91 Å². The smallest absolute Gasteiger partial charge is 0.234 e. The predicted molar refractivity (Wildman–Crippen MR) is 82.2 cm³/mol. The Morgan fingerprint density at radius 1 is 1.29 bits per heavy atom. The molecule has 0 bridgehead atoms. The molecule has 1 aliphatic rings. The third-order valence-corrected chi connectivity index (χ3v) is 4.61. The molecule has 1 saturated carbocycles. The first-order chi connectivity index (χ1) is 10.1. The summed E-state index contributed by atoms with van der Waals surface area (Å²) in [5, 5.41) is 6.11. The van der Waals surface area contributed by atoms with E-state index < -0.39 is 0 Å². The third kappa shape index (κ3) is 4.53. The maximum absolute atomic E-state index is 13.4. The first kappa shape index (κ1) is 16.0. The Hall–Kier alpha value is -1.42. The molecular formula is C17H25FN2O. The van der Waals surface area contributed by atoms with Crippen LogP contribution < -0.4 is 10.6 Å². The van der Waals surface area contributed by atoms with Crippen molar-refractivity contribution in [2.45, 2.75) is 45.7 Å². The molecule has 3 nitrogen and oxygen atoms in total. The lowest BCUT2D eigenvalue weighted by atomic mass is 9.78. The summed E-state index contributed by atoms with van der Waals surface area (Å²) in [6.45, 7) is 5.06. The molecule has 0 radical (unpaired) electrons. The lowest BCUT2D eigenvalue weighted by Crippen LogP contribution is -2.46. The zero-order valence-electron chi connectivity index (χ0n) is 12.9. The highest BCUT2D eigenvalue weighted by atomic mass is 19.1. The van der Waals surface area contributed by atoms with E-state index in [1.165, 1.54) is 18.9 Å². The minimum absolute atomic E-state index is 0.00251. The summed E-state index contributed by atoms with van der Waals surface area (Å²) in [7, 11) is 0. The standard InChI is InChI=1S/C17H25FN2O/c1-12-6-5-9-16(13(12)2)20-17(21)11-19-10-14-7-3-4-8-15(14)18/h3-4,7-8,12-13,16,19H,5-6,9-11H2,1-2H3,(H,20,21)/t12-,13+,16-/m1/s1. The minimum atomic E-state index is -0.236. The number of carbonyl (C=O) groups excluding carboxylic acids is 1. The van der Waals surface area contributed by atoms with E-state index >= 15 is 0 Å². The van der Waals surface area contributed by atoms with Gasteiger partial charge in [-0.05, 0) is 24.3 Å². The van der Waals surface area contributed by atoms with Crippen LogP contribution in [0.5, 0.6) is 0 Å². The Morgan fingerprint density at radius 2 is 2.05 bits per heavy atom. The Kier molecular flexibility index (Phi) is 5.74. The molecular weight excluding hydrogens is 267 g/mol. The van der Waals surface area contributed by atoms with E-state index in [9.17, 15) is 9.18 Å². The van der Waals surface area contributed by atoms with E-state index in [0.717, 1.165) is 6.42 Å². The van der Waals surface area contributed by atoms with Crippen LogP contribution in [-0.2, 0) is 11.3 Å². The van der Waals surface area contributed by atoms with Crippen LogP contribution in [0.1, 0.15) is 38.7 Å². The molecule has 0 heterocycles. The number of hydrogen-bond acceptors (Lipinski definition) is 2. The molecule has 116 valence electrons. The van der Waals surface area contributed by atoms with Crippen LogP contribution in [0.2, 0.25) is 0 Å². The van der Waals surface area contributed by atoms with Crippen molar-refractivity contribution in [2.24, 2.45) is 11.8 Å².